The van der Waals surface area contributed by atoms with E-state index in [4.69, 9.17) is 0 Å². The number of hydrogen-bond donors (Lipinski definition) is 0. The molecule has 0 aromatic carbocycles. The fourth-order valence-corrected chi connectivity index (χ4v) is 5.42. The standard InChI is InChI=1S/C13H10Br2OS2/c14-9-6-11(18-13(9)15)12(16)8-2-1-3-10-7(8)4-5-17-10/h4-6,8H,1-3H2. The fraction of sp³-hybridized carbons (Fsp3) is 0.308. The molecule has 2 aromatic rings. The Bertz CT molecular complexity index is 580. The minimum atomic E-state index is 0.0671. The Hall–Kier alpha value is 0.0300. The normalized spacial score (nSPS) is 18.7. The van der Waals surface area contributed by atoms with Crippen LogP contribution in [0.5, 0.6) is 0 Å². The Morgan fingerprint density at radius 1 is 1.39 bits per heavy atom. The molecule has 5 heteroatoms. The van der Waals surface area contributed by atoms with Crippen LogP contribution in [-0.2, 0) is 6.42 Å². The summed E-state index contributed by atoms with van der Waals surface area (Å²) in [5.41, 5.74) is 1.26. The molecule has 0 spiro atoms. The van der Waals surface area contributed by atoms with Gasteiger partial charge in [0, 0.05) is 15.3 Å². The molecule has 1 aliphatic carbocycles. The van der Waals surface area contributed by atoms with Gasteiger partial charge in [-0.05, 0) is 74.2 Å². The molecule has 0 bridgehead atoms. The van der Waals surface area contributed by atoms with Crippen molar-refractivity contribution in [3.8, 4) is 0 Å². The second-order valence-corrected chi connectivity index (χ2v) is 8.57. The molecule has 18 heavy (non-hydrogen) atoms. The monoisotopic (exact) mass is 404 g/mol. The largest absolute Gasteiger partial charge is 0.293 e. The van der Waals surface area contributed by atoms with Gasteiger partial charge >= 0.3 is 0 Å². The molecule has 0 N–H and O–H groups in total. The maximum Gasteiger partial charge on any atom is 0.180 e. The van der Waals surface area contributed by atoms with Crippen LogP contribution in [0.25, 0.3) is 0 Å². The maximum atomic E-state index is 12.6. The van der Waals surface area contributed by atoms with Gasteiger partial charge in [-0.1, -0.05) is 0 Å². The van der Waals surface area contributed by atoms with E-state index in [1.807, 2.05) is 6.07 Å². The number of hydrogen-bond acceptors (Lipinski definition) is 3. The quantitative estimate of drug-likeness (QED) is 0.591. The lowest BCUT2D eigenvalue weighted by atomic mass is 9.84. The molecule has 1 nitrogen and oxygen atoms in total. The van der Waals surface area contributed by atoms with E-state index in [0.29, 0.717) is 0 Å². The average Bonchev–Trinajstić information content (AvgIpc) is 2.95. The minimum Gasteiger partial charge on any atom is -0.293 e. The fourth-order valence-electron chi connectivity index (χ4n) is 2.40. The Labute approximate surface area is 130 Å². The predicted octanol–water partition coefficient (Wildman–Crippen LogP) is 5.64. The zero-order chi connectivity index (χ0) is 12.7. The average molecular weight is 406 g/mol. The molecular weight excluding hydrogens is 396 g/mol. The molecule has 0 amide bonds. The summed E-state index contributed by atoms with van der Waals surface area (Å²) in [4.78, 5) is 14.8. The van der Waals surface area contributed by atoms with Gasteiger partial charge in [0.1, 0.15) is 0 Å². The van der Waals surface area contributed by atoms with Crippen molar-refractivity contribution in [3.05, 3.63) is 41.1 Å². The van der Waals surface area contributed by atoms with Gasteiger partial charge in [0.05, 0.1) is 8.66 Å². The van der Waals surface area contributed by atoms with Gasteiger partial charge in [-0.15, -0.1) is 22.7 Å². The molecule has 0 aliphatic heterocycles. The zero-order valence-electron chi connectivity index (χ0n) is 9.41. The molecule has 2 aromatic heterocycles. The first-order valence-electron chi connectivity index (χ1n) is 5.72. The summed E-state index contributed by atoms with van der Waals surface area (Å²) >= 11 is 10.2. The van der Waals surface area contributed by atoms with Gasteiger partial charge in [0.2, 0.25) is 0 Å². The summed E-state index contributed by atoms with van der Waals surface area (Å²) in [6.45, 7) is 0. The molecular formula is C13H10Br2OS2. The van der Waals surface area contributed by atoms with E-state index in [1.165, 1.54) is 21.8 Å². The highest BCUT2D eigenvalue weighted by atomic mass is 79.9. The predicted molar refractivity (Wildman–Crippen MR) is 84.0 cm³/mol. The van der Waals surface area contributed by atoms with Crippen LogP contribution >= 0.6 is 54.5 Å². The van der Waals surface area contributed by atoms with Gasteiger partial charge in [-0.2, -0.15) is 0 Å². The molecule has 2 heterocycles. The summed E-state index contributed by atoms with van der Waals surface area (Å²) in [5, 5.41) is 2.11. The molecule has 3 rings (SSSR count). The number of Topliss-reactive ketones (excluding diaryl/α,β-unsaturated/α-hetero) is 1. The number of rotatable bonds is 2. The van der Waals surface area contributed by atoms with Crippen LogP contribution in [0, 0.1) is 0 Å². The van der Waals surface area contributed by atoms with Crippen LogP contribution in [0.2, 0.25) is 0 Å². The summed E-state index contributed by atoms with van der Waals surface area (Å²) in [7, 11) is 0. The van der Waals surface area contributed by atoms with Crippen LogP contribution < -0.4 is 0 Å². The van der Waals surface area contributed by atoms with Crippen molar-refractivity contribution in [2.24, 2.45) is 0 Å². The van der Waals surface area contributed by atoms with E-state index in [1.54, 1.807) is 11.3 Å². The lowest BCUT2D eigenvalue weighted by molar-refractivity contribution is 0.0955. The number of halogens is 2. The maximum absolute atomic E-state index is 12.6. The number of thiophene rings is 2. The minimum absolute atomic E-state index is 0.0671. The summed E-state index contributed by atoms with van der Waals surface area (Å²) < 4.78 is 1.96. The Balaban J connectivity index is 1.95. The van der Waals surface area contributed by atoms with Gasteiger partial charge in [0.25, 0.3) is 0 Å². The van der Waals surface area contributed by atoms with Gasteiger partial charge < -0.3 is 0 Å². The highest BCUT2D eigenvalue weighted by Crippen LogP contribution is 2.40. The van der Waals surface area contributed by atoms with Crippen molar-refractivity contribution < 1.29 is 4.79 Å². The Morgan fingerprint density at radius 3 is 2.94 bits per heavy atom. The van der Waals surface area contributed by atoms with E-state index < -0.39 is 0 Å². The molecule has 94 valence electrons. The van der Waals surface area contributed by atoms with E-state index in [-0.39, 0.29) is 11.7 Å². The third-order valence-electron chi connectivity index (χ3n) is 3.26. The van der Waals surface area contributed by atoms with Crippen molar-refractivity contribution in [2.75, 3.05) is 0 Å². The van der Waals surface area contributed by atoms with Crippen molar-refractivity contribution in [1.29, 1.82) is 0 Å². The Morgan fingerprint density at radius 2 is 2.22 bits per heavy atom. The highest BCUT2D eigenvalue weighted by molar-refractivity contribution is 9.13. The SMILES string of the molecule is O=C(c1cc(Br)c(Br)s1)C1CCCc2sccc21. The first-order chi connectivity index (χ1) is 8.66. The molecule has 0 radical (unpaired) electrons. The third-order valence-corrected chi connectivity index (χ3v) is 7.52. The van der Waals surface area contributed by atoms with Gasteiger partial charge in [-0.3, -0.25) is 4.79 Å². The van der Waals surface area contributed by atoms with E-state index >= 15 is 0 Å². The van der Waals surface area contributed by atoms with Crippen LogP contribution in [-0.4, -0.2) is 5.78 Å². The van der Waals surface area contributed by atoms with E-state index in [0.717, 1.165) is 32.4 Å². The summed E-state index contributed by atoms with van der Waals surface area (Å²) in [6.07, 6.45) is 3.24. The lowest BCUT2D eigenvalue weighted by Gasteiger charge is -2.20. The summed E-state index contributed by atoms with van der Waals surface area (Å²) in [6, 6.07) is 4.05. The number of carbonyl (C=O) groups is 1. The lowest BCUT2D eigenvalue weighted by Crippen LogP contribution is -2.16. The van der Waals surface area contributed by atoms with Gasteiger partial charge in [0.15, 0.2) is 5.78 Å². The van der Waals surface area contributed by atoms with Crippen LogP contribution in [0.15, 0.2) is 25.8 Å². The number of ketones is 1. The number of fused-ring (bicyclic) bond motifs is 1. The molecule has 0 fully saturated rings. The Kier molecular flexibility index (Phi) is 3.76. The van der Waals surface area contributed by atoms with Crippen molar-refractivity contribution >= 4 is 60.3 Å². The van der Waals surface area contributed by atoms with Crippen LogP contribution in [0.3, 0.4) is 0 Å². The summed E-state index contributed by atoms with van der Waals surface area (Å²) in [5.74, 6) is 0.336. The van der Waals surface area contributed by atoms with Crippen molar-refractivity contribution in [1.82, 2.24) is 0 Å². The van der Waals surface area contributed by atoms with Crippen molar-refractivity contribution in [3.63, 3.8) is 0 Å². The molecule has 0 saturated carbocycles. The third kappa shape index (κ3) is 2.26. The second-order valence-electron chi connectivity index (χ2n) is 4.34. The number of carbonyl (C=O) groups excluding carboxylic acids is 1. The van der Waals surface area contributed by atoms with Crippen LogP contribution in [0.1, 0.15) is 38.9 Å². The van der Waals surface area contributed by atoms with E-state index in [2.05, 4.69) is 43.3 Å². The van der Waals surface area contributed by atoms with E-state index in [9.17, 15) is 4.79 Å². The molecule has 1 atom stereocenters. The molecule has 0 saturated heterocycles. The smallest absolute Gasteiger partial charge is 0.180 e. The zero-order valence-corrected chi connectivity index (χ0v) is 14.2. The molecule has 1 unspecified atom stereocenters. The second kappa shape index (κ2) is 5.19. The highest BCUT2D eigenvalue weighted by Gasteiger charge is 2.29. The van der Waals surface area contributed by atoms with Gasteiger partial charge in [-0.25, -0.2) is 0 Å². The number of aryl methyl sites for hydroxylation is 1. The van der Waals surface area contributed by atoms with Crippen molar-refractivity contribution in [2.45, 2.75) is 25.2 Å². The molecule has 1 aliphatic rings. The van der Waals surface area contributed by atoms with Crippen LogP contribution in [0.4, 0.5) is 0 Å². The topological polar surface area (TPSA) is 17.1 Å². The first-order valence-corrected chi connectivity index (χ1v) is 9.00. The first kappa shape index (κ1) is 13.0.